The molecule has 0 amide bonds. The fourth-order valence-corrected chi connectivity index (χ4v) is 4.17. The van der Waals surface area contributed by atoms with Crippen LogP contribution >= 0.6 is 0 Å². The average Bonchev–Trinajstić information content (AvgIpc) is 3.12. The van der Waals surface area contributed by atoms with Gasteiger partial charge in [-0.25, -0.2) is 0 Å². The number of hydrogen-bond donors (Lipinski definition) is 0. The minimum Gasteiger partial charge on any atom is -0.331 e. The molecule has 1 heterocycles. The molecule has 3 aromatic rings. The summed E-state index contributed by atoms with van der Waals surface area (Å²) < 4.78 is 0. The number of amidine groups is 1. The van der Waals surface area contributed by atoms with Crippen LogP contribution in [0.25, 0.3) is 0 Å². The lowest BCUT2D eigenvalue weighted by Gasteiger charge is -2.46. The van der Waals surface area contributed by atoms with E-state index in [4.69, 9.17) is 0 Å². The highest BCUT2D eigenvalue weighted by Crippen LogP contribution is 2.44. The van der Waals surface area contributed by atoms with Crippen molar-refractivity contribution in [1.29, 1.82) is 0 Å². The molecule has 0 saturated carbocycles. The lowest BCUT2D eigenvalue weighted by atomic mass is 9.75. The van der Waals surface area contributed by atoms with Gasteiger partial charge < -0.3 is 9.69 Å². The minimum absolute atomic E-state index is 0.300. The summed E-state index contributed by atoms with van der Waals surface area (Å²) in [6, 6.07) is 30.9. The molecule has 0 aliphatic carbocycles. The van der Waals surface area contributed by atoms with Crippen molar-refractivity contribution in [3.63, 3.8) is 0 Å². The Kier molecular flexibility index (Phi) is 4.59. The molecule has 3 aromatic carbocycles. The second-order valence-corrected chi connectivity index (χ2v) is 6.77. The summed E-state index contributed by atoms with van der Waals surface area (Å²) in [5.74, 6) is 0.878. The molecule has 0 spiro atoms. The number of aliphatic imine (C=N–C) groups is 1. The molecule has 0 fully saturated rings. The zero-order chi connectivity index (χ0) is 18.7. The number of carbonyl (C=O) groups is 1. The average molecular weight is 354 g/mol. The van der Waals surface area contributed by atoms with Gasteiger partial charge in [-0.05, 0) is 23.6 Å². The molecule has 0 N–H and O–H groups in total. The van der Waals surface area contributed by atoms with Crippen LogP contribution in [0.4, 0.5) is 0 Å². The van der Waals surface area contributed by atoms with Gasteiger partial charge >= 0.3 is 0 Å². The molecule has 4 rings (SSSR count). The number of nitrogens with zero attached hydrogens (tertiary/aromatic N) is 2. The number of benzene rings is 3. The maximum Gasteiger partial charge on any atom is 0.144 e. The standard InChI is InChI=1S/C24H22N2O/c1-19-25-17-23(18-27)26(19)24(20-11-5-2-6-12-20,21-13-7-3-8-14-21)22-15-9-4-10-16-22/h2-16,18,23H,17H2,1H3. The minimum atomic E-state index is -0.626. The molecule has 0 radical (unpaired) electrons. The van der Waals surface area contributed by atoms with Crippen LogP contribution in [0.3, 0.4) is 0 Å². The van der Waals surface area contributed by atoms with E-state index in [1.54, 1.807) is 0 Å². The van der Waals surface area contributed by atoms with Gasteiger partial charge in [0.2, 0.25) is 0 Å². The van der Waals surface area contributed by atoms with Gasteiger partial charge in [0.25, 0.3) is 0 Å². The Balaban J connectivity index is 2.10. The summed E-state index contributed by atoms with van der Waals surface area (Å²) in [4.78, 5) is 18.8. The van der Waals surface area contributed by atoms with Gasteiger partial charge in [0.15, 0.2) is 0 Å². The van der Waals surface area contributed by atoms with E-state index in [0.717, 1.165) is 28.8 Å². The van der Waals surface area contributed by atoms with E-state index in [2.05, 4.69) is 82.7 Å². The number of hydrogen-bond acceptors (Lipinski definition) is 3. The van der Waals surface area contributed by atoms with Crippen LogP contribution in [-0.4, -0.2) is 29.6 Å². The van der Waals surface area contributed by atoms with Crippen LogP contribution < -0.4 is 0 Å². The van der Waals surface area contributed by atoms with Crippen molar-refractivity contribution >= 4 is 12.1 Å². The first kappa shape index (κ1) is 17.2. The van der Waals surface area contributed by atoms with E-state index in [1.165, 1.54) is 0 Å². The monoisotopic (exact) mass is 354 g/mol. The summed E-state index contributed by atoms with van der Waals surface area (Å²) in [6.45, 7) is 2.48. The van der Waals surface area contributed by atoms with Crippen LogP contribution in [0.2, 0.25) is 0 Å². The van der Waals surface area contributed by atoms with Crippen molar-refractivity contribution in [2.75, 3.05) is 6.54 Å². The summed E-state index contributed by atoms with van der Waals surface area (Å²) in [7, 11) is 0. The van der Waals surface area contributed by atoms with E-state index in [0.29, 0.717) is 6.54 Å². The van der Waals surface area contributed by atoms with Crippen molar-refractivity contribution in [2.45, 2.75) is 18.5 Å². The Morgan fingerprint density at radius 1 is 0.815 bits per heavy atom. The fourth-order valence-electron chi connectivity index (χ4n) is 4.17. The van der Waals surface area contributed by atoms with E-state index in [1.807, 2.05) is 25.1 Å². The molecule has 0 saturated heterocycles. The zero-order valence-corrected chi connectivity index (χ0v) is 15.3. The highest BCUT2D eigenvalue weighted by molar-refractivity contribution is 5.88. The quantitative estimate of drug-likeness (QED) is 0.506. The maximum atomic E-state index is 12.0. The van der Waals surface area contributed by atoms with E-state index in [9.17, 15) is 4.79 Å². The van der Waals surface area contributed by atoms with E-state index < -0.39 is 5.54 Å². The summed E-state index contributed by atoms with van der Waals surface area (Å²) >= 11 is 0. The van der Waals surface area contributed by atoms with Gasteiger partial charge in [-0.3, -0.25) is 4.99 Å². The second kappa shape index (κ2) is 7.20. The third-order valence-corrected chi connectivity index (χ3v) is 5.28. The van der Waals surface area contributed by atoms with Gasteiger partial charge in [0.05, 0.1) is 12.4 Å². The first-order chi connectivity index (χ1) is 13.3. The molecular formula is C24H22N2O. The van der Waals surface area contributed by atoms with E-state index in [-0.39, 0.29) is 6.04 Å². The molecular weight excluding hydrogens is 332 g/mol. The largest absolute Gasteiger partial charge is 0.331 e. The van der Waals surface area contributed by atoms with Crippen LogP contribution in [0.1, 0.15) is 23.6 Å². The smallest absolute Gasteiger partial charge is 0.144 e. The summed E-state index contributed by atoms with van der Waals surface area (Å²) in [5.41, 5.74) is 2.72. The molecule has 0 aromatic heterocycles. The number of rotatable bonds is 5. The lowest BCUT2D eigenvalue weighted by Crippen LogP contribution is -2.54. The Morgan fingerprint density at radius 2 is 1.22 bits per heavy atom. The molecule has 1 unspecified atom stereocenters. The first-order valence-corrected chi connectivity index (χ1v) is 9.20. The Hall–Kier alpha value is -3.20. The van der Waals surface area contributed by atoms with Gasteiger partial charge in [0.1, 0.15) is 17.9 Å². The molecule has 134 valence electrons. The van der Waals surface area contributed by atoms with Crippen molar-refractivity contribution in [3.8, 4) is 0 Å². The predicted molar refractivity (Wildman–Crippen MR) is 109 cm³/mol. The molecule has 1 atom stereocenters. The summed E-state index contributed by atoms with van der Waals surface area (Å²) in [6.07, 6.45) is 1.02. The Morgan fingerprint density at radius 3 is 1.59 bits per heavy atom. The third kappa shape index (κ3) is 2.76. The molecule has 3 heteroatoms. The first-order valence-electron chi connectivity index (χ1n) is 9.20. The highest BCUT2D eigenvalue weighted by Gasteiger charge is 2.47. The molecule has 27 heavy (non-hydrogen) atoms. The normalized spacial score (nSPS) is 16.9. The third-order valence-electron chi connectivity index (χ3n) is 5.28. The maximum absolute atomic E-state index is 12.0. The van der Waals surface area contributed by atoms with Crippen molar-refractivity contribution in [1.82, 2.24) is 4.90 Å². The lowest BCUT2D eigenvalue weighted by molar-refractivity contribution is -0.111. The second-order valence-electron chi connectivity index (χ2n) is 6.77. The topological polar surface area (TPSA) is 32.7 Å². The molecule has 0 bridgehead atoms. The Labute approximate surface area is 160 Å². The Bertz CT molecular complexity index is 839. The molecule has 3 nitrogen and oxygen atoms in total. The summed E-state index contributed by atoms with van der Waals surface area (Å²) in [5, 5.41) is 0. The fraction of sp³-hybridized carbons (Fsp3) is 0.167. The predicted octanol–water partition coefficient (Wildman–Crippen LogP) is 4.28. The van der Waals surface area contributed by atoms with Gasteiger partial charge in [-0.15, -0.1) is 0 Å². The van der Waals surface area contributed by atoms with E-state index >= 15 is 0 Å². The molecule has 1 aliphatic rings. The number of carbonyl (C=O) groups excluding carboxylic acids is 1. The van der Waals surface area contributed by atoms with Gasteiger partial charge in [-0.1, -0.05) is 91.0 Å². The highest BCUT2D eigenvalue weighted by atomic mass is 16.1. The van der Waals surface area contributed by atoms with Crippen LogP contribution in [0, 0.1) is 0 Å². The van der Waals surface area contributed by atoms with Gasteiger partial charge in [-0.2, -0.15) is 0 Å². The SMILES string of the molecule is CC1=NCC(C=O)N1C(c1ccccc1)(c1ccccc1)c1ccccc1. The van der Waals surface area contributed by atoms with Gasteiger partial charge in [0, 0.05) is 0 Å². The van der Waals surface area contributed by atoms with Crippen molar-refractivity contribution < 1.29 is 4.79 Å². The van der Waals surface area contributed by atoms with Crippen molar-refractivity contribution in [3.05, 3.63) is 108 Å². The van der Waals surface area contributed by atoms with Crippen LogP contribution in [0.15, 0.2) is 96.0 Å². The number of aldehydes is 1. The van der Waals surface area contributed by atoms with Crippen LogP contribution in [0.5, 0.6) is 0 Å². The molecule has 1 aliphatic heterocycles. The van der Waals surface area contributed by atoms with Crippen molar-refractivity contribution in [2.24, 2.45) is 4.99 Å². The van der Waals surface area contributed by atoms with Crippen LogP contribution in [-0.2, 0) is 10.3 Å². The zero-order valence-electron chi connectivity index (χ0n) is 15.3.